The zero-order valence-electron chi connectivity index (χ0n) is 15.3. The van der Waals surface area contributed by atoms with E-state index in [1.54, 1.807) is 18.2 Å². The first-order valence-electron chi connectivity index (χ1n) is 8.91. The van der Waals surface area contributed by atoms with Gasteiger partial charge < -0.3 is 9.47 Å². The van der Waals surface area contributed by atoms with E-state index in [1.807, 2.05) is 30.3 Å². The van der Waals surface area contributed by atoms with Gasteiger partial charge in [-0.05, 0) is 34.4 Å². The number of methoxy groups -OCH3 is 1. The number of carbonyl (C=O) groups is 1. The summed E-state index contributed by atoms with van der Waals surface area (Å²) in [5.74, 6) is 0.534. The van der Waals surface area contributed by atoms with Gasteiger partial charge in [0.1, 0.15) is 18.4 Å². The molecule has 0 unspecified atom stereocenters. The standard InChI is InChI=1S/C23H18N2O3/c1-27-16-11-10-15(13-24)22(12-16)25-23(26)28-14-21-19-8-4-2-6-17(19)18-7-3-5-9-20(18)21/h2-12,21H,14H2,1H3,(H,25,26). The van der Waals surface area contributed by atoms with Crippen molar-refractivity contribution < 1.29 is 14.3 Å². The van der Waals surface area contributed by atoms with Crippen LogP contribution in [-0.2, 0) is 4.74 Å². The van der Waals surface area contributed by atoms with Crippen molar-refractivity contribution in [2.45, 2.75) is 5.92 Å². The van der Waals surface area contributed by atoms with E-state index in [1.165, 1.54) is 18.2 Å². The number of anilines is 1. The summed E-state index contributed by atoms with van der Waals surface area (Å²) in [7, 11) is 1.53. The molecule has 138 valence electrons. The van der Waals surface area contributed by atoms with Gasteiger partial charge in [0.25, 0.3) is 0 Å². The molecule has 0 fully saturated rings. The molecule has 0 saturated carbocycles. The number of nitrogens with one attached hydrogen (secondary N) is 1. The van der Waals surface area contributed by atoms with Crippen molar-refractivity contribution in [2.24, 2.45) is 0 Å². The van der Waals surface area contributed by atoms with Gasteiger partial charge in [0, 0.05) is 12.0 Å². The predicted octanol–water partition coefficient (Wildman–Crippen LogP) is 4.93. The van der Waals surface area contributed by atoms with Gasteiger partial charge in [-0.2, -0.15) is 5.26 Å². The molecule has 0 radical (unpaired) electrons. The summed E-state index contributed by atoms with van der Waals surface area (Å²) < 4.78 is 10.7. The lowest BCUT2D eigenvalue weighted by atomic mass is 9.98. The fourth-order valence-corrected chi connectivity index (χ4v) is 3.60. The highest BCUT2D eigenvalue weighted by Crippen LogP contribution is 2.44. The zero-order chi connectivity index (χ0) is 19.5. The number of fused-ring (bicyclic) bond motifs is 3. The molecule has 0 heterocycles. The minimum atomic E-state index is -0.605. The molecule has 0 aromatic heterocycles. The Kier molecular flexibility index (Phi) is 4.69. The fraction of sp³-hybridized carbons (Fsp3) is 0.130. The van der Waals surface area contributed by atoms with E-state index in [0.29, 0.717) is 17.0 Å². The number of hydrogen-bond acceptors (Lipinski definition) is 4. The number of carbonyl (C=O) groups excluding carboxylic acids is 1. The summed E-state index contributed by atoms with van der Waals surface area (Å²) in [6, 6.07) is 23.2. The fourth-order valence-electron chi connectivity index (χ4n) is 3.60. The molecule has 3 aromatic carbocycles. The summed E-state index contributed by atoms with van der Waals surface area (Å²) in [5, 5.41) is 11.9. The molecule has 0 saturated heterocycles. The van der Waals surface area contributed by atoms with E-state index in [4.69, 9.17) is 9.47 Å². The minimum Gasteiger partial charge on any atom is -0.497 e. The third-order valence-electron chi connectivity index (χ3n) is 4.93. The number of nitriles is 1. The lowest BCUT2D eigenvalue weighted by Gasteiger charge is -2.15. The number of hydrogen-bond donors (Lipinski definition) is 1. The van der Waals surface area contributed by atoms with Gasteiger partial charge >= 0.3 is 6.09 Å². The normalized spacial score (nSPS) is 11.9. The van der Waals surface area contributed by atoms with Gasteiger partial charge in [-0.15, -0.1) is 0 Å². The van der Waals surface area contributed by atoms with Crippen LogP contribution in [0.15, 0.2) is 66.7 Å². The average Bonchev–Trinajstić information content (AvgIpc) is 3.06. The Morgan fingerprint density at radius 1 is 1.04 bits per heavy atom. The van der Waals surface area contributed by atoms with E-state index in [-0.39, 0.29) is 12.5 Å². The Morgan fingerprint density at radius 3 is 2.29 bits per heavy atom. The molecule has 1 aliphatic rings. The molecule has 5 heteroatoms. The summed E-state index contributed by atoms with van der Waals surface area (Å²) >= 11 is 0. The molecular weight excluding hydrogens is 352 g/mol. The van der Waals surface area contributed by atoms with E-state index < -0.39 is 6.09 Å². The van der Waals surface area contributed by atoms with Gasteiger partial charge in [0.05, 0.1) is 18.4 Å². The van der Waals surface area contributed by atoms with Crippen molar-refractivity contribution in [3.8, 4) is 22.9 Å². The van der Waals surface area contributed by atoms with Crippen LogP contribution < -0.4 is 10.1 Å². The van der Waals surface area contributed by atoms with E-state index >= 15 is 0 Å². The third kappa shape index (κ3) is 3.17. The topological polar surface area (TPSA) is 71.3 Å². The van der Waals surface area contributed by atoms with Crippen molar-refractivity contribution in [1.82, 2.24) is 0 Å². The highest BCUT2D eigenvalue weighted by Gasteiger charge is 2.29. The molecule has 0 atom stereocenters. The van der Waals surface area contributed by atoms with Crippen LogP contribution in [0.4, 0.5) is 10.5 Å². The van der Waals surface area contributed by atoms with E-state index in [0.717, 1.165) is 11.1 Å². The molecule has 28 heavy (non-hydrogen) atoms. The van der Waals surface area contributed by atoms with Gasteiger partial charge in [-0.25, -0.2) is 4.79 Å². The Bertz CT molecular complexity index is 1040. The van der Waals surface area contributed by atoms with Gasteiger partial charge in [0.15, 0.2) is 0 Å². The second-order valence-corrected chi connectivity index (χ2v) is 6.47. The van der Waals surface area contributed by atoms with Gasteiger partial charge in [-0.3, -0.25) is 5.32 Å². The average molecular weight is 370 g/mol. The summed E-state index contributed by atoms with van der Waals surface area (Å²) in [4.78, 5) is 12.4. The quantitative estimate of drug-likeness (QED) is 0.707. The zero-order valence-corrected chi connectivity index (χ0v) is 15.3. The SMILES string of the molecule is COc1ccc(C#N)c(NC(=O)OCC2c3ccccc3-c3ccccc32)c1. The summed E-state index contributed by atoms with van der Waals surface area (Å²) in [6.45, 7) is 0.214. The number of amides is 1. The molecule has 3 aromatic rings. The van der Waals surface area contributed by atoms with Gasteiger partial charge in [-0.1, -0.05) is 48.5 Å². The molecule has 0 bridgehead atoms. The number of nitrogens with zero attached hydrogens (tertiary/aromatic N) is 1. The lowest BCUT2D eigenvalue weighted by molar-refractivity contribution is 0.158. The maximum absolute atomic E-state index is 12.4. The third-order valence-corrected chi connectivity index (χ3v) is 4.93. The molecule has 1 N–H and O–H groups in total. The van der Waals surface area contributed by atoms with Gasteiger partial charge in [0.2, 0.25) is 0 Å². The highest BCUT2D eigenvalue weighted by molar-refractivity contribution is 5.87. The van der Waals surface area contributed by atoms with Crippen molar-refractivity contribution >= 4 is 11.8 Å². The first kappa shape index (κ1) is 17.6. The van der Waals surface area contributed by atoms with Crippen LogP contribution in [-0.4, -0.2) is 19.8 Å². The molecule has 5 nitrogen and oxygen atoms in total. The Hall–Kier alpha value is -3.78. The van der Waals surface area contributed by atoms with E-state index in [2.05, 4.69) is 29.6 Å². The van der Waals surface area contributed by atoms with Crippen molar-refractivity contribution in [3.05, 3.63) is 83.4 Å². The molecule has 1 amide bonds. The first-order chi connectivity index (χ1) is 13.7. The second-order valence-electron chi connectivity index (χ2n) is 6.47. The maximum Gasteiger partial charge on any atom is 0.411 e. The Morgan fingerprint density at radius 2 is 1.68 bits per heavy atom. The van der Waals surface area contributed by atoms with Crippen LogP contribution in [0.1, 0.15) is 22.6 Å². The van der Waals surface area contributed by atoms with E-state index in [9.17, 15) is 10.1 Å². The van der Waals surface area contributed by atoms with Crippen LogP contribution in [0, 0.1) is 11.3 Å². The van der Waals surface area contributed by atoms with Crippen LogP contribution in [0.3, 0.4) is 0 Å². The second kappa shape index (κ2) is 7.45. The maximum atomic E-state index is 12.4. The molecular formula is C23H18N2O3. The lowest BCUT2D eigenvalue weighted by Crippen LogP contribution is -2.18. The van der Waals surface area contributed by atoms with Crippen LogP contribution in [0.5, 0.6) is 5.75 Å². The Labute approximate surface area is 163 Å². The largest absolute Gasteiger partial charge is 0.497 e. The summed E-state index contributed by atoms with van der Waals surface area (Å²) in [6.07, 6.45) is -0.605. The van der Waals surface area contributed by atoms with Crippen LogP contribution >= 0.6 is 0 Å². The molecule has 1 aliphatic carbocycles. The van der Waals surface area contributed by atoms with Crippen molar-refractivity contribution in [1.29, 1.82) is 5.26 Å². The number of benzene rings is 3. The molecule has 4 rings (SSSR count). The van der Waals surface area contributed by atoms with Crippen LogP contribution in [0.2, 0.25) is 0 Å². The smallest absolute Gasteiger partial charge is 0.411 e. The Balaban J connectivity index is 1.51. The number of rotatable bonds is 4. The highest BCUT2D eigenvalue weighted by atomic mass is 16.5. The van der Waals surface area contributed by atoms with Crippen LogP contribution in [0.25, 0.3) is 11.1 Å². The van der Waals surface area contributed by atoms with Crippen molar-refractivity contribution in [2.75, 3.05) is 19.0 Å². The molecule has 0 spiro atoms. The monoisotopic (exact) mass is 370 g/mol. The predicted molar refractivity (Wildman–Crippen MR) is 106 cm³/mol. The molecule has 0 aliphatic heterocycles. The number of ether oxygens (including phenoxy) is 2. The first-order valence-corrected chi connectivity index (χ1v) is 8.91. The minimum absolute atomic E-state index is 0.0149. The summed E-state index contributed by atoms with van der Waals surface area (Å²) in [5.41, 5.74) is 5.35. The van der Waals surface area contributed by atoms with Crippen molar-refractivity contribution in [3.63, 3.8) is 0 Å².